The lowest BCUT2D eigenvalue weighted by Crippen LogP contribution is -2.69. The Hall–Kier alpha value is -3.65. The van der Waals surface area contributed by atoms with E-state index in [1.165, 1.54) is 30.0 Å². The second-order valence-electron chi connectivity index (χ2n) is 13.0. The van der Waals surface area contributed by atoms with Crippen LogP contribution in [0.5, 0.6) is 5.75 Å². The van der Waals surface area contributed by atoms with Gasteiger partial charge in [-0.15, -0.1) is 0 Å². The number of esters is 2. The molecule has 3 fully saturated rings. The first kappa shape index (κ1) is 32.3. The fourth-order valence-electron chi connectivity index (χ4n) is 8.53. The maximum absolute atomic E-state index is 17.5. The van der Waals surface area contributed by atoms with Gasteiger partial charge < -0.3 is 19.7 Å². The van der Waals surface area contributed by atoms with Crippen LogP contribution in [-0.4, -0.2) is 51.9 Å². The van der Waals surface area contributed by atoms with Crippen LogP contribution < -0.4 is 0 Å². The summed E-state index contributed by atoms with van der Waals surface area (Å²) < 4.78 is 29.0. The summed E-state index contributed by atoms with van der Waals surface area (Å²) in [6.07, 6.45) is 3.77. The summed E-state index contributed by atoms with van der Waals surface area (Å²) in [6.45, 7) is 2.89. The Bertz CT molecular complexity index is 1720. The molecule has 1 unspecified atom stereocenters. The number of benzene rings is 2. The topological polar surface area (TPSA) is 134 Å². The van der Waals surface area contributed by atoms with Gasteiger partial charge in [0.05, 0.1) is 16.7 Å². The molecule has 2 aromatic carbocycles. The van der Waals surface area contributed by atoms with E-state index in [1.54, 1.807) is 62.4 Å². The van der Waals surface area contributed by atoms with E-state index < -0.39 is 58.6 Å². The molecule has 8 nitrogen and oxygen atoms in total. The van der Waals surface area contributed by atoms with Crippen molar-refractivity contribution in [2.45, 2.75) is 73.1 Å². The number of phenols is 1. The maximum atomic E-state index is 17.5. The molecule has 2 aromatic rings. The number of halogens is 2. The number of rotatable bonds is 6. The molecule has 240 valence electrons. The third-order valence-corrected chi connectivity index (χ3v) is 12.2. The van der Waals surface area contributed by atoms with Crippen LogP contribution >= 0.6 is 23.4 Å². The Morgan fingerprint density at radius 2 is 1.85 bits per heavy atom. The van der Waals surface area contributed by atoms with Gasteiger partial charge in [-0.25, -0.2) is 14.0 Å². The van der Waals surface area contributed by atoms with Crippen LogP contribution in [0.25, 0.3) is 0 Å². The van der Waals surface area contributed by atoms with Crippen molar-refractivity contribution in [3.05, 3.63) is 76.9 Å². The van der Waals surface area contributed by atoms with Crippen molar-refractivity contribution in [3.8, 4) is 11.8 Å². The van der Waals surface area contributed by atoms with Crippen LogP contribution in [0.15, 0.2) is 76.1 Å². The lowest BCUT2D eigenvalue weighted by molar-refractivity contribution is -0.224. The summed E-state index contributed by atoms with van der Waals surface area (Å²) in [4.78, 5) is 41.2. The average Bonchev–Trinajstić information content (AvgIpc) is 3.31. The van der Waals surface area contributed by atoms with Gasteiger partial charge in [-0.2, -0.15) is 5.26 Å². The van der Waals surface area contributed by atoms with Crippen molar-refractivity contribution < 1.29 is 38.5 Å². The lowest BCUT2D eigenvalue weighted by Gasteiger charge is -2.62. The van der Waals surface area contributed by atoms with Crippen molar-refractivity contribution in [1.82, 2.24) is 0 Å². The fourth-order valence-corrected chi connectivity index (χ4v) is 9.49. The van der Waals surface area contributed by atoms with E-state index in [9.17, 15) is 24.6 Å². The number of aliphatic hydroxyl groups excluding tert-OH is 1. The van der Waals surface area contributed by atoms with E-state index in [4.69, 9.17) is 26.3 Å². The molecule has 0 aliphatic heterocycles. The zero-order valence-corrected chi connectivity index (χ0v) is 26.9. The smallest absolute Gasteiger partial charge is 0.352 e. The Labute approximate surface area is 275 Å². The number of fused-ring (bicyclic) bond motifs is 5. The van der Waals surface area contributed by atoms with Crippen LogP contribution in [0.3, 0.4) is 0 Å². The molecule has 46 heavy (non-hydrogen) atoms. The van der Waals surface area contributed by atoms with Crippen LogP contribution in [0.2, 0.25) is 5.02 Å². The van der Waals surface area contributed by atoms with Crippen molar-refractivity contribution in [2.75, 3.05) is 6.61 Å². The number of nitriles is 1. The molecule has 0 radical (unpaired) electrons. The molecule has 7 atom stereocenters. The molecule has 6 rings (SSSR count). The SMILES string of the molecule is C[C@]12C=CC(=O)C=C1CC[C@H]1[C@@H]3CC[C@@](OC(=O)c4ccc(Sc5ccc(Cl)c(O)c5)cc4)(C(=O)OCC#N)[C@@]3(C)C[C@H](O)C12F. The second-order valence-corrected chi connectivity index (χ2v) is 14.5. The van der Waals surface area contributed by atoms with Gasteiger partial charge in [0.1, 0.15) is 11.8 Å². The summed E-state index contributed by atoms with van der Waals surface area (Å²) in [5, 5.41) is 31.0. The number of hydrogen-bond donors (Lipinski definition) is 2. The minimum absolute atomic E-state index is 0.0329. The van der Waals surface area contributed by atoms with Gasteiger partial charge in [0.15, 0.2) is 18.1 Å². The average molecular weight is 666 g/mol. The third kappa shape index (κ3) is 4.78. The van der Waals surface area contributed by atoms with Gasteiger partial charge >= 0.3 is 11.9 Å². The van der Waals surface area contributed by atoms with Gasteiger partial charge in [0, 0.05) is 26.5 Å². The third-order valence-electron chi connectivity index (χ3n) is 10.9. The number of allylic oxidation sites excluding steroid dienone is 4. The molecule has 0 amide bonds. The van der Waals surface area contributed by atoms with E-state index in [-0.39, 0.29) is 35.0 Å². The zero-order valence-electron chi connectivity index (χ0n) is 25.3. The largest absolute Gasteiger partial charge is 0.506 e. The van der Waals surface area contributed by atoms with Gasteiger partial charge in [-0.3, -0.25) is 4.79 Å². The van der Waals surface area contributed by atoms with E-state index in [0.717, 1.165) is 9.79 Å². The number of ketones is 1. The van der Waals surface area contributed by atoms with Gasteiger partial charge in [0.2, 0.25) is 5.60 Å². The minimum atomic E-state index is -2.12. The summed E-state index contributed by atoms with van der Waals surface area (Å²) in [7, 11) is 0. The molecule has 11 heteroatoms. The summed E-state index contributed by atoms with van der Waals surface area (Å²) >= 11 is 7.24. The van der Waals surface area contributed by atoms with E-state index in [1.807, 2.05) is 0 Å². The fraction of sp³-hybridized carbons (Fsp3) is 0.429. The Balaban J connectivity index is 1.31. The molecule has 0 saturated heterocycles. The predicted molar refractivity (Wildman–Crippen MR) is 167 cm³/mol. The van der Waals surface area contributed by atoms with Crippen molar-refractivity contribution in [1.29, 1.82) is 5.26 Å². The van der Waals surface area contributed by atoms with E-state index in [2.05, 4.69) is 0 Å². The first-order valence-corrected chi connectivity index (χ1v) is 16.3. The van der Waals surface area contributed by atoms with E-state index in [0.29, 0.717) is 24.8 Å². The lowest BCUT2D eigenvalue weighted by atomic mass is 9.45. The predicted octanol–water partition coefficient (Wildman–Crippen LogP) is 6.53. The number of hydrogen-bond acceptors (Lipinski definition) is 9. The quantitative estimate of drug-likeness (QED) is 0.330. The van der Waals surface area contributed by atoms with Gasteiger partial charge in [-0.1, -0.05) is 41.9 Å². The number of alkyl halides is 1. The number of aromatic hydroxyl groups is 1. The first-order valence-electron chi connectivity index (χ1n) is 15.1. The molecular weight excluding hydrogens is 633 g/mol. The number of nitrogens with zero attached hydrogens (tertiary/aromatic N) is 1. The highest BCUT2D eigenvalue weighted by molar-refractivity contribution is 7.99. The second kappa shape index (κ2) is 11.5. The molecule has 0 heterocycles. The van der Waals surface area contributed by atoms with Crippen LogP contribution in [-0.2, 0) is 19.1 Å². The Morgan fingerprint density at radius 1 is 1.13 bits per heavy atom. The van der Waals surface area contributed by atoms with Crippen molar-refractivity contribution in [2.24, 2.45) is 22.7 Å². The molecule has 0 spiro atoms. The highest BCUT2D eigenvalue weighted by atomic mass is 35.5. The number of carbonyl (C=O) groups is 3. The first-order chi connectivity index (χ1) is 21.8. The molecule has 0 bridgehead atoms. The van der Waals surface area contributed by atoms with Crippen LogP contribution in [0, 0.1) is 34.0 Å². The summed E-state index contributed by atoms with van der Waals surface area (Å²) in [5.74, 6) is -3.13. The minimum Gasteiger partial charge on any atom is -0.506 e. The summed E-state index contributed by atoms with van der Waals surface area (Å²) in [6, 6.07) is 13.1. The Kier molecular flexibility index (Phi) is 8.11. The maximum Gasteiger partial charge on any atom is 0.352 e. The molecule has 0 aromatic heterocycles. The molecule has 2 N–H and O–H groups in total. The van der Waals surface area contributed by atoms with E-state index >= 15 is 4.39 Å². The zero-order chi connectivity index (χ0) is 33.1. The van der Waals surface area contributed by atoms with Gasteiger partial charge in [-0.05, 0) is 99.6 Å². The standard InChI is InChI=1S/C35H33ClFNO7S/c1-32-13-11-22(39)17-21(32)5-9-26-25-12-14-34(31(43)44-16-15-38,33(25,2)19-29(41)35(26,32)37)45-30(42)20-3-6-23(7-4-20)46-24-8-10-27(36)28(40)18-24/h3-4,6-8,10-11,13,17-18,25-26,29,40-41H,5,9,12,14,16,19H2,1-2H3/t25-,26-,29-,32-,33-,34+,35?/m0/s1. The molecule has 4 aliphatic rings. The number of carbonyl (C=O) groups excluding carboxylic acids is 3. The normalized spacial score (nSPS) is 34.4. The van der Waals surface area contributed by atoms with Crippen LogP contribution in [0.4, 0.5) is 4.39 Å². The molecular formula is C35H33ClFNO7S. The van der Waals surface area contributed by atoms with Crippen LogP contribution in [0.1, 0.15) is 56.3 Å². The summed E-state index contributed by atoms with van der Waals surface area (Å²) in [5.41, 5.74) is -5.62. The Morgan fingerprint density at radius 3 is 2.54 bits per heavy atom. The highest BCUT2D eigenvalue weighted by Crippen LogP contribution is 2.70. The highest BCUT2D eigenvalue weighted by Gasteiger charge is 2.76. The number of phenolic OH excluding ortho intramolecular Hbond substituents is 1. The molecule has 4 aliphatic carbocycles. The van der Waals surface area contributed by atoms with Gasteiger partial charge in [0.25, 0.3) is 0 Å². The monoisotopic (exact) mass is 665 g/mol. The number of ether oxygens (including phenoxy) is 2. The molecule has 3 saturated carbocycles. The van der Waals surface area contributed by atoms with Crippen molar-refractivity contribution in [3.63, 3.8) is 0 Å². The van der Waals surface area contributed by atoms with Crippen molar-refractivity contribution >= 4 is 41.1 Å². The number of aliphatic hydroxyl groups is 1.